The van der Waals surface area contributed by atoms with E-state index in [1.807, 2.05) is 19.1 Å². The molecule has 20 heavy (non-hydrogen) atoms. The van der Waals surface area contributed by atoms with Gasteiger partial charge in [-0.1, -0.05) is 17.7 Å². The molecule has 1 N–H and O–H groups in total. The monoisotopic (exact) mass is 270 g/mol. The Labute approximate surface area is 118 Å². The van der Waals surface area contributed by atoms with Crippen LogP contribution in [0.5, 0.6) is 5.75 Å². The lowest BCUT2D eigenvalue weighted by atomic mass is 10.1. The van der Waals surface area contributed by atoms with Crippen LogP contribution in [-0.2, 0) is 6.42 Å². The number of aromatic nitrogens is 1. The van der Waals surface area contributed by atoms with Crippen LogP contribution >= 0.6 is 0 Å². The zero-order valence-corrected chi connectivity index (χ0v) is 11.7. The van der Waals surface area contributed by atoms with Crippen molar-refractivity contribution in [1.82, 2.24) is 10.3 Å². The molecule has 104 valence electrons. The zero-order chi connectivity index (χ0) is 14.4. The summed E-state index contributed by atoms with van der Waals surface area (Å²) >= 11 is 0. The molecule has 1 aromatic carbocycles. The fraction of sp³-hybridized carbons (Fsp3) is 0.250. The van der Waals surface area contributed by atoms with Crippen LogP contribution in [0, 0.1) is 6.92 Å². The first-order chi connectivity index (χ1) is 9.70. The van der Waals surface area contributed by atoms with E-state index in [-0.39, 0.29) is 5.91 Å². The van der Waals surface area contributed by atoms with Crippen molar-refractivity contribution in [2.24, 2.45) is 0 Å². The third-order valence-electron chi connectivity index (χ3n) is 3.06. The van der Waals surface area contributed by atoms with Gasteiger partial charge in [0, 0.05) is 24.5 Å². The van der Waals surface area contributed by atoms with Crippen LogP contribution in [0.4, 0.5) is 0 Å². The van der Waals surface area contributed by atoms with Gasteiger partial charge >= 0.3 is 0 Å². The van der Waals surface area contributed by atoms with Gasteiger partial charge in [-0.2, -0.15) is 0 Å². The number of nitrogens with one attached hydrogen (secondary N) is 1. The van der Waals surface area contributed by atoms with Crippen LogP contribution < -0.4 is 10.1 Å². The van der Waals surface area contributed by atoms with E-state index in [9.17, 15) is 4.79 Å². The highest BCUT2D eigenvalue weighted by Crippen LogP contribution is 2.19. The molecule has 2 aromatic rings. The van der Waals surface area contributed by atoms with Gasteiger partial charge in [-0.3, -0.25) is 9.78 Å². The van der Waals surface area contributed by atoms with E-state index in [0.717, 1.165) is 17.7 Å². The Hall–Kier alpha value is -2.36. The second-order valence-corrected chi connectivity index (χ2v) is 4.56. The van der Waals surface area contributed by atoms with Crippen LogP contribution in [0.15, 0.2) is 42.7 Å². The smallest absolute Gasteiger partial charge is 0.251 e. The lowest BCUT2D eigenvalue weighted by Gasteiger charge is -2.10. The number of carbonyl (C=O) groups is 1. The van der Waals surface area contributed by atoms with Crippen molar-refractivity contribution in [3.8, 4) is 5.75 Å². The molecular weight excluding hydrogens is 252 g/mol. The summed E-state index contributed by atoms with van der Waals surface area (Å²) in [6.45, 7) is 2.61. The number of pyridine rings is 1. The highest BCUT2D eigenvalue weighted by atomic mass is 16.5. The van der Waals surface area contributed by atoms with E-state index in [4.69, 9.17) is 4.74 Å². The molecule has 0 aliphatic carbocycles. The molecule has 2 rings (SSSR count). The summed E-state index contributed by atoms with van der Waals surface area (Å²) in [5.74, 6) is 0.771. The second kappa shape index (κ2) is 6.70. The predicted octanol–water partition coefficient (Wildman–Crippen LogP) is 2.37. The number of aryl methyl sites for hydroxylation is 1. The Morgan fingerprint density at radius 3 is 2.70 bits per heavy atom. The van der Waals surface area contributed by atoms with Gasteiger partial charge in [0.25, 0.3) is 5.91 Å². The minimum absolute atomic E-state index is 0.0842. The summed E-state index contributed by atoms with van der Waals surface area (Å²) in [6.07, 6.45) is 3.96. The van der Waals surface area contributed by atoms with Gasteiger partial charge in [0.05, 0.1) is 7.11 Å². The molecule has 0 aliphatic rings. The fourth-order valence-corrected chi connectivity index (χ4v) is 2.02. The van der Waals surface area contributed by atoms with Crippen molar-refractivity contribution in [2.75, 3.05) is 13.7 Å². The van der Waals surface area contributed by atoms with E-state index in [1.54, 1.807) is 31.6 Å². The first-order valence-electron chi connectivity index (χ1n) is 6.52. The summed E-state index contributed by atoms with van der Waals surface area (Å²) in [6, 6.07) is 9.44. The minimum atomic E-state index is -0.0842. The van der Waals surface area contributed by atoms with Crippen molar-refractivity contribution < 1.29 is 9.53 Å². The topological polar surface area (TPSA) is 51.2 Å². The Bertz CT molecular complexity index is 582. The van der Waals surface area contributed by atoms with E-state index in [1.165, 1.54) is 5.56 Å². The number of hydrogen-bond donors (Lipinski definition) is 1. The number of rotatable bonds is 5. The number of methoxy groups -OCH3 is 1. The maximum absolute atomic E-state index is 11.9. The summed E-state index contributed by atoms with van der Waals surface area (Å²) in [5, 5.41) is 2.90. The van der Waals surface area contributed by atoms with Crippen molar-refractivity contribution in [2.45, 2.75) is 13.3 Å². The van der Waals surface area contributed by atoms with Crippen molar-refractivity contribution in [1.29, 1.82) is 0 Å². The Morgan fingerprint density at radius 1 is 1.25 bits per heavy atom. The van der Waals surface area contributed by atoms with Gasteiger partial charge in [-0.25, -0.2) is 0 Å². The third kappa shape index (κ3) is 3.57. The summed E-state index contributed by atoms with van der Waals surface area (Å²) in [5.41, 5.74) is 2.90. The van der Waals surface area contributed by atoms with Crippen LogP contribution in [0.25, 0.3) is 0 Å². The number of ether oxygens (including phenoxy) is 1. The lowest BCUT2D eigenvalue weighted by molar-refractivity contribution is 0.0954. The standard InChI is InChI=1S/C16H18N2O2/c1-12-3-4-15(20-2)14(11-12)7-10-18-16(19)13-5-8-17-9-6-13/h3-6,8-9,11H,7,10H2,1-2H3,(H,18,19). The van der Waals surface area contributed by atoms with Crippen LogP contribution in [-0.4, -0.2) is 24.5 Å². The average Bonchev–Trinajstić information content (AvgIpc) is 2.48. The van der Waals surface area contributed by atoms with E-state index >= 15 is 0 Å². The van der Waals surface area contributed by atoms with Gasteiger partial charge in [0.2, 0.25) is 0 Å². The molecule has 0 radical (unpaired) electrons. The Balaban J connectivity index is 1.93. The normalized spacial score (nSPS) is 10.1. The van der Waals surface area contributed by atoms with Gasteiger partial charge in [0.15, 0.2) is 0 Å². The highest BCUT2D eigenvalue weighted by Gasteiger charge is 2.06. The number of carbonyl (C=O) groups excluding carboxylic acids is 1. The minimum Gasteiger partial charge on any atom is -0.496 e. The molecule has 1 amide bonds. The number of benzene rings is 1. The molecule has 0 saturated carbocycles. The second-order valence-electron chi connectivity index (χ2n) is 4.56. The Kier molecular flexibility index (Phi) is 4.71. The largest absolute Gasteiger partial charge is 0.496 e. The summed E-state index contributed by atoms with van der Waals surface area (Å²) < 4.78 is 5.32. The van der Waals surface area contributed by atoms with Gasteiger partial charge in [-0.05, 0) is 37.1 Å². The molecule has 0 spiro atoms. The van der Waals surface area contributed by atoms with E-state index < -0.39 is 0 Å². The first-order valence-corrected chi connectivity index (χ1v) is 6.52. The van der Waals surface area contributed by atoms with Crippen molar-refractivity contribution in [3.05, 3.63) is 59.4 Å². The molecule has 0 bridgehead atoms. The van der Waals surface area contributed by atoms with Crippen molar-refractivity contribution >= 4 is 5.91 Å². The Morgan fingerprint density at radius 2 is 2.00 bits per heavy atom. The van der Waals surface area contributed by atoms with Gasteiger partial charge in [0.1, 0.15) is 5.75 Å². The van der Waals surface area contributed by atoms with E-state index in [2.05, 4.69) is 16.4 Å². The molecule has 0 unspecified atom stereocenters. The summed E-state index contributed by atoms with van der Waals surface area (Å²) in [4.78, 5) is 15.8. The molecular formula is C16H18N2O2. The number of amides is 1. The van der Waals surface area contributed by atoms with Crippen molar-refractivity contribution in [3.63, 3.8) is 0 Å². The number of nitrogens with zero attached hydrogens (tertiary/aromatic N) is 1. The molecule has 4 nitrogen and oxygen atoms in total. The quantitative estimate of drug-likeness (QED) is 0.907. The maximum Gasteiger partial charge on any atom is 0.251 e. The molecule has 0 fully saturated rings. The highest BCUT2D eigenvalue weighted by molar-refractivity contribution is 5.93. The number of hydrogen-bond acceptors (Lipinski definition) is 3. The third-order valence-corrected chi connectivity index (χ3v) is 3.06. The molecule has 4 heteroatoms. The lowest BCUT2D eigenvalue weighted by Crippen LogP contribution is -2.25. The van der Waals surface area contributed by atoms with Crippen LogP contribution in [0.3, 0.4) is 0 Å². The van der Waals surface area contributed by atoms with E-state index in [0.29, 0.717) is 12.1 Å². The van der Waals surface area contributed by atoms with Crippen LogP contribution in [0.2, 0.25) is 0 Å². The fourth-order valence-electron chi connectivity index (χ4n) is 2.02. The zero-order valence-electron chi connectivity index (χ0n) is 11.7. The van der Waals surface area contributed by atoms with Gasteiger partial charge < -0.3 is 10.1 Å². The SMILES string of the molecule is COc1ccc(C)cc1CCNC(=O)c1ccncc1. The maximum atomic E-state index is 11.9. The molecule has 0 saturated heterocycles. The average molecular weight is 270 g/mol. The van der Waals surface area contributed by atoms with Crippen LogP contribution in [0.1, 0.15) is 21.5 Å². The first kappa shape index (κ1) is 14.1. The summed E-state index contributed by atoms with van der Waals surface area (Å²) in [7, 11) is 1.66. The molecule has 1 heterocycles. The molecule has 0 aliphatic heterocycles. The van der Waals surface area contributed by atoms with Gasteiger partial charge in [-0.15, -0.1) is 0 Å². The molecule has 0 atom stereocenters. The molecule has 1 aromatic heterocycles. The predicted molar refractivity (Wildman–Crippen MR) is 78.0 cm³/mol.